The SMILES string of the molecule is CCCNC1CCOCC1Sc1nccc(C)n1. The summed E-state index contributed by atoms with van der Waals surface area (Å²) in [5, 5.41) is 4.86. The van der Waals surface area contributed by atoms with E-state index >= 15 is 0 Å². The van der Waals surface area contributed by atoms with E-state index in [1.807, 2.05) is 19.2 Å². The van der Waals surface area contributed by atoms with E-state index in [0.717, 1.165) is 43.5 Å². The lowest BCUT2D eigenvalue weighted by Crippen LogP contribution is -2.45. The normalized spacial score (nSPS) is 24.1. The number of ether oxygens (including phenoxy) is 1. The highest BCUT2D eigenvalue weighted by Gasteiger charge is 2.26. The maximum Gasteiger partial charge on any atom is 0.188 e. The summed E-state index contributed by atoms with van der Waals surface area (Å²) in [7, 11) is 0. The van der Waals surface area contributed by atoms with E-state index < -0.39 is 0 Å². The van der Waals surface area contributed by atoms with Crippen molar-refractivity contribution in [3.63, 3.8) is 0 Å². The summed E-state index contributed by atoms with van der Waals surface area (Å²) < 4.78 is 5.58. The Morgan fingerprint density at radius 1 is 1.56 bits per heavy atom. The largest absolute Gasteiger partial charge is 0.380 e. The van der Waals surface area contributed by atoms with Gasteiger partial charge < -0.3 is 10.1 Å². The Hall–Kier alpha value is -0.650. The van der Waals surface area contributed by atoms with E-state index in [9.17, 15) is 0 Å². The third-order valence-electron chi connectivity index (χ3n) is 2.99. The Balaban J connectivity index is 1.96. The highest BCUT2D eigenvalue weighted by atomic mass is 32.2. The molecule has 0 spiro atoms. The molecule has 4 nitrogen and oxygen atoms in total. The van der Waals surface area contributed by atoms with Gasteiger partial charge in [0.05, 0.1) is 11.9 Å². The molecule has 0 amide bonds. The van der Waals surface area contributed by atoms with Crippen LogP contribution in [0.25, 0.3) is 0 Å². The first kappa shape index (κ1) is 13.8. The van der Waals surface area contributed by atoms with E-state index in [1.54, 1.807) is 11.8 Å². The van der Waals surface area contributed by atoms with Gasteiger partial charge in [0, 0.05) is 24.5 Å². The molecule has 2 heterocycles. The molecular formula is C13H21N3OS. The molecule has 1 saturated heterocycles. The van der Waals surface area contributed by atoms with Crippen molar-refractivity contribution in [2.45, 2.75) is 43.1 Å². The van der Waals surface area contributed by atoms with Crippen molar-refractivity contribution in [1.82, 2.24) is 15.3 Å². The van der Waals surface area contributed by atoms with Gasteiger partial charge in [0.25, 0.3) is 0 Å². The van der Waals surface area contributed by atoms with E-state index in [1.165, 1.54) is 0 Å². The third-order valence-corrected chi connectivity index (χ3v) is 4.16. The van der Waals surface area contributed by atoms with Crippen molar-refractivity contribution in [2.24, 2.45) is 0 Å². The standard InChI is InChI=1S/C13H21N3OS/c1-3-6-14-11-5-8-17-9-12(11)18-13-15-7-4-10(2)16-13/h4,7,11-12,14H,3,5-6,8-9H2,1-2H3. The number of nitrogens with zero attached hydrogens (tertiary/aromatic N) is 2. The van der Waals surface area contributed by atoms with Crippen LogP contribution < -0.4 is 5.32 Å². The highest BCUT2D eigenvalue weighted by molar-refractivity contribution is 7.99. The van der Waals surface area contributed by atoms with Gasteiger partial charge in [0.2, 0.25) is 0 Å². The summed E-state index contributed by atoms with van der Waals surface area (Å²) in [4.78, 5) is 8.77. The molecule has 18 heavy (non-hydrogen) atoms. The van der Waals surface area contributed by atoms with Crippen LogP contribution >= 0.6 is 11.8 Å². The van der Waals surface area contributed by atoms with Gasteiger partial charge in [-0.25, -0.2) is 9.97 Å². The second-order valence-corrected chi connectivity index (χ2v) is 5.77. The molecule has 1 aromatic rings. The monoisotopic (exact) mass is 267 g/mol. The molecular weight excluding hydrogens is 246 g/mol. The first-order valence-corrected chi connectivity index (χ1v) is 7.45. The van der Waals surface area contributed by atoms with Gasteiger partial charge in [-0.15, -0.1) is 0 Å². The molecule has 5 heteroatoms. The number of thioether (sulfide) groups is 1. The molecule has 0 aliphatic carbocycles. The van der Waals surface area contributed by atoms with Crippen molar-refractivity contribution in [1.29, 1.82) is 0 Å². The Morgan fingerprint density at radius 2 is 2.44 bits per heavy atom. The van der Waals surface area contributed by atoms with Crippen LogP contribution in [-0.4, -0.2) is 41.0 Å². The highest BCUT2D eigenvalue weighted by Crippen LogP contribution is 2.26. The molecule has 2 rings (SSSR count). The Labute approximate surface area is 113 Å². The van der Waals surface area contributed by atoms with Gasteiger partial charge in [0.15, 0.2) is 5.16 Å². The fraction of sp³-hybridized carbons (Fsp3) is 0.692. The van der Waals surface area contributed by atoms with Crippen LogP contribution in [-0.2, 0) is 4.74 Å². The minimum absolute atomic E-state index is 0.409. The molecule has 0 saturated carbocycles. The van der Waals surface area contributed by atoms with Crippen LogP contribution in [0.1, 0.15) is 25.5 Å². The Bertz CT molecular complexity index is 375. The number of hydrogen-bond acceptors (Lipinski definition) is 5. The molecule has 1 aliphatic rings. The lowest BCUT2D eigenvalue weighted by molar-refractivity contribution is 0.0832. The fourth-order valence-electron chi connectivity index (χ4n) is 2.01. The van der Waals surface area contributed by atoms with Crippen molar-refractivity contribution in [3.05, 3.63) is 18.0 Å². The zero-order valence-corrected chi connectivity index (χ0v) is 11.9. The summed E-state index contributed by atoms with van der Waals surface area (Å²) in [6, 6.07) is 2.43. The van der Waals surface area contributed by atoms with Crippen molar-refractivity contribution in [3.8, 4) is 0 Å². The van der Waals surface area contributed by atoms with Crippen LogP contribution in [0.5, 0.6) is 0 Å². The summed E-state index contributed by atoms with van der Waals surface area (Å²) >= 11 is 1.73. The number of rotatable bonds is 5. The number of nitrogens with one attached hydrogen (secondary N) is 1. The molecule has 2 unspecified atom stereocenters. The minimum Gasteiger partial charge on any atom is -0.380 e. The summed E-state index contributed by atoms with van der Waals surface area (Å²) in [5.41, 5.74) is 1.02. The molecule has 0 bridgehead atoms. The smallest absolute Gasteiger partial charge is 0.188 e. The van der Waals surface area contributed by atoms with Crippen LogP contribution in [0.4, 0.5) is 0 Å². The van der Waals surface area contributed by atoms with Crippen LogP contribution in [0, 0.1) is 6.92 Å². The average molecular weight is 267 g/mol. The number of aryl methyl sites for hydroxylation is 1. The average Bonchev–Trinajstić information content (AvgIpc) is 2.38. The van der Waals surface area contributed by atoms with E-state index in [2.05, 4.69) is 22.2 Å². The summed E-state index contributed by atoms with van der Waals surface area (Å²) in [6.45, 7) is 6.89. The van der Waals surface area contributed by atoms with Crippen molar-refractivity contribution >= 4 is 11.8 Å². The number of hydrogen-bond donors (Lipinski definition) is 1. The Kier molecular flexibility index (Phi) is 5.41. The zero-order chi connectivity index (χ0) is 12.8. The van der Waals surface area contributed by atoms with Gasteiger partial charge in [-0.05, 0) is 32.4 Å². The minimum atomic E-state index is 0.409. The number of aromatic nitrogens is 2. The van der Waals surface area contributed by atoms with Crippen molar-refractivity contribution in [2.75, 3.05) is 19.8 Å². The molecule has 100 valence electrons. The van der Waals surface area contributed by atoms with Crippen LogP contribution in [0.2, 0.25) is 0 Å². The predicted molar refractivity (Wildman–Crippen MR) is 73.9 cm³/mol. The topological polar surface area (TPSA) is 47.0 Å². The van der Waals surface area contributed by atoms with E-state index in [-0.39, 0.29) is 0 Å². The third kappa shape index (κ3) is 3.93. The molecule has 1 N–H and O–H groups in total. The predicted octanol–water partition coefficient (Wildman–Crippen LogP) is 2.03. The molecule has 0 aromatic carbocycles. The second kappa shape index (κ2) is 7.07. The van der Waals surface area contributed by atoms with Crippen molar-refractivity contribution < 1.29 is 4.74 Å². The van der Waals surface area contributed by atoms with Crippen LogP contribution in [0.3, 0.4) is 0 Å². The van der Waals surface area contributed by atoms with Gasteiger partial charge in [-0.3, -0.25) is 0 Å². The van der Waals surface area contributed by atoms with E-state index in [0.29, 0.717) is 11.3 Å². The van der Waals surface area contributed by atoms with Gasteiger partial charge >= 0.3 is 0 Å². The first-order valence-electron chi connectivity index (χ1n) is 6.57. The molecule has 1 aromatic heterocycles. The maximum absolute atomic E-state index is 5.58. The van der Waals surface area contributed by atoms with Gasteiger partial charge in [-0.2, -0.15) is 0 Å². The summed E-state index contributed by atoms with van der Waals surface area (Å²) in [5.74, 6) is 0. The molecule has 1 fully saturated rings. The van der Waals surface area contributed by atoms with Gasteiger partial charge in [0.1, 0.15) is 0 Å². The fourth-order valence-corrected chi connectivity index (χ4v) is 3.16. The van der Waals surface area contributed by atoms with Gasteiger partial charge in [-0.1, -0.05) is 18.7 Å². The quantitative estimate of drug-likeness (QED) is 0.827. The second-order valence-electron chi connectivity index (χ2n) is 4.56. The molecule has 1 aliphatic heterocycles. The lowest BCUT2D eigenvalue weighted by Gasteiger charge is -2.31. The Morgan fingerprint density at radius 3 is 3.22 bits per heavy atom. The molecule has 0 radical (unpaired) electrons. The van der Waals surface area contributed by atoms with E-state index in [4.69, 9.17) is 4.74 Å². The van der Waals surface area contributed by atoms with Crippen LogP contribution in [0.15, 0.2) is 17.4 Å². The first-order chi connectivity index (χ1) is 8.79. The lowest BCUT2D eigenvalue weighted by atomic mass is 10.1. The maximum atomic E-state index is 5.58. The molecule has 2 atom stereocenters. The summed E-state index contributed by atoms with van der Waals surface area (Å²) in [6.07, 6.45) is 4.06. The zero-order valence-electron chi connectivity index (χ0n) is 11.1.